The van der Waals surface area contributed by atoms with E-state index in [-0.39, 0.29) is 5.60 Å². The van der Waals surface area contributed by atoms with Crippen LogP contribution >= 0.6 is 0 Å². The molecule has 1 rings (SSSR count). The fourth-order valence-corrected chi connectivity index (χ4v) is 1.17. The number of hydrogen-bond donors (Lipinski definition) is 0. The van der Waals surface area contributed by atoms with Crippen LogP contribution in [0.15, 0.2) is 0 Å². The molecule has 0 aromatic carbocycles. The molecule has 0 spiro atoms. The van der Waals surface area contributed by atoms with Gasteiger partial charge in [0.25, 0.3) is 6.47 Å². The number of piperidine rings is 1. The first kappa shape index (κ1) is 13.9. The summed E-state index contributed by atoms with van der Waals surface area (Å²) in [4.78, 5) is 21.5. The highest BCUT2D eigenvalue weighted by Crippen LogP contribution is 2.05. The minimum Gasteiger partial charge on any atom is -0.462 e. The fourth-order valence-electron chi connectivity index (χ4n) is 1.17. The lowest BCUT2D eigenvalue weighted by atomic mass is 10.1. The predicted octanol–water partition coefficient (Wildman–Crippen LogP) is 1.59. The molecule has 1 heterocycles. The van der Waals surface area contributed by atoms with Crippen molar-refractivity contribution in [1.82, 2.24) is 4.90 Å². The third-order valence-corrected chi connectivity index (χ3v) is 1.94. The lowest BCUT2D eigenvalue weighted by Gasteiger charge is -2.21. The van der Waals surface area contributed by atoms with Crippen molar-refractivity contribution in [2.45, 2.75) is 45.6 Å². The highest BCUT2D eigenvalue weighted by Gasteiger charge is 2.07. The van der Waals surface area contributed by atoms with E-state index in [1.54, 1.807) is 0 Å². The Bertz CT molecular complexity index is 181. The second-order valence-corrected chi connectivity index (χ2v) is 4.53. The van der Waals surface area contributed by atoms with E-state index in [4.69, 9.17) is 0 Å². The molecular formula is C11H21NO3. The van der Waals surface area contributed by atoms with E-state index in [0.717, 1.165) is 19.5 Å². The highest BCUT2D eigenvalue weighted by atomic mass is 16.5. The van der Waals surface area contributed by atoms with Gasteiger partial charge < -0.3 is 9.64 Å². The number of carbonyl (C=O) groups excluding carboxylic acids is 2. The van der Waals surface area contributed by atoms with Gasteiger partial charge in [0.05, 0.1) is 0 Å². The number of rotatable bonds is 2. The van der Waals surface area contributed by atoms with Gasteiger partial charge in [0.15, 0.2) is 0 Å². The van der Waals surface area contributed by atoms with Gasteiger partial charge >= 0.3 is 0 Å². The quantitative estimate of drug-likeness (QED) is 0.657. The Hall–Kier alpha value is -1.06. The van der Waals surface area contributed by atoms with Gasteiger partial charge in [0.1, 0.15) is 5.60 Å². The van der Waals surface area contributed by atoms with Crippen molar-refractivity contribution in [3.05, 3.63) is 0 Å². The van der Waals surface area contributed by atoms with E-state index < -0.39 is 0 Å². The summed E-state index contributed by atoms with van der Waals surface area (Å²) < 4.78 is 4.55. The minimum atomic E-state index is -0.318. The maximum atomic E-state index is 10.1. The van der Waals surface area contributed by atoms with Gasteiger partial charge in [-0.2, -0.15) is 0 Å². The van der Waals surface area contributed by atoms with Crippen LogP contribution in [0.1, 0.15) is 40.0 Å². The summed E-state index contributed by atoms with van der Waals surface area (Å²) in [5.41, 5.74) is -0.318. The van der Waals surface area contributed by atoms with Crippen molar-refractivity contribution in [1.29, 1.82) is 0 Å². The molecule has 88 valence electrons. The number of amides is 1. The van der Waals surface area contributed by atoms with Crippen LogP contribution in [-0.4, -0.2) is 36.5 Å². The van der Waals surface area contributed by atoms with Gasteiger partial charge in [-0.25, -0.2) is 0 Å². The SMILES string of the molecule is CC(C)(C)OC=O.O=CN1CCCCC1. The molecular weight excluding hydrogens is 194 g/mol. The highest BCUT2D eigenvalue weighted by molar-refractivity contribution is 5.46. The number of carbonyl (C=O) groups is 2. The molecule has 0 atom stereocenters. The number of nitrogens with zero attached hydrogens (tertiary/aromatic N) is 1. The largest absolute Gasteiger partial charge is 0.462 e. The summed E-state index contributed by atoms with van der Waals surface area (Å²) in [6, 6.07) is 0. The molecule has 0 aliphatic carbocycles. The van der Waals surface area contributed by atoms with Crippen molar-refractivity contribution in [2.24, 2.45) is 0 Å². The molecule has 0 saturated carbocycles. The van der Waals surface area contributed by atoms with Crippen LogP contribution in [-0.2, 0) is 14.3 Å². The summed E-state index contributed by atoms with van der Waals surface area (Å²) >= 11 is 0. The molecule has 0 aromatic heterocycles. The average molecular weight is 215 g/mol. The second-order valence-electron chi connectivity index (χ2n) is 4.53. The van der Waals surface area contributed by atoms with Crippen molar-refractivity contribution in [2.75, 3.05) is 13.1 Å². The topological polar surface area (TPSA) is 46.6 Å². The standard InChI is InChI=1S/C6H11NO.C5H10O2/c8-6-7-4-2-1-3-5-7;1-5(2,3)7-4-6/h6H,1-5H2;4H,1-3H3. The third kappa shape index (κ3) is 9.25. The maximum Gasteiger partial charge on any atom is 0.293 e. The Morgan fingerprint density at radius 3 is 1.80 bits per heavy atom. The van der Waals surface area contributed by atoms with Gasteiger partial charge in [0, 0.05) is 13.1 Å². The van der Waals surface area contributed by atoms with Crippen LogP contribution in [0.25, 0.3) is 0 Å². The summed E-state index contributed by atoms with van der Waals surface area (Å²) in [6.45, 7) is 7.87. The van der Waals surface area contributed by atoms with E-state index in [0.29, 0.717) is 6.47 Å². The van der Waals surface area contributed by atoms with E-state index in [1.165, 1.54) is 19.3 Å². The Morgan fingerprint density at radius 2 is 1.60 bits per heavy atom. The van der Waals surface area contributed by atoms with Crippen molar-refractivity contribution in [3.63, 3.8) is 0 Å². The van der Waals surface area contributed by atoms with Crippen LogP contribution in [0.2, 0.25) is 0 Å². The second kappa shape index (κ2) is 7.26. The molecule has 15 heavy (non-hydrogen) atoms. The van der Waals surface area contributed by atoms with E-state index in [1.807, 2.05) is 25.7 Å². The van der Waals surface area contributed by atoms with Gasteiger partial charge in [-0.15, -0.1) is 0 Å². The number of hydrogen-bond acceptors (Lipinski definition) is 3. The average Bonchev–Trinajstić information content (AvgIpc) is 2.18. The van der Waals surface area contributed by atoms with Gasteiger partial charge in [-0.1, -0.05) is 0 Å². The van der Waals surface area contributed by atoms with Crippen molar-refractivity contribution in [3.8, 4) is 0 Å². The number of likely N-dealkylation sites (tertiary alicyclic amines) is 1. The molecule has 1 aliphatic heterocycles. The van der Waals surface area contributed by atoms with Gasteiger partial charge in [0.2, 0.25) is 6.41 Å². The molecule has 4 heteroatoms. The van der Waals surface area contributed by atoms with Crippen LogP contribution in [0.4, 0.5) is 0 Å². The van der Waals surface area contributed by atoms with E-state index in [9.17, 15) is 9.59 Å². The Morgan fingerprint density at radius 1 is 1.07 bits per heavy atom. The van der Waals surface area contributed by atoms with E-state index >= 15 is 0 Å². The Balaban J connectivity index is 0.000000265. The zero-order valence-electron chi connectivity index (χ0n) is 9.86. The molecule has 0 aromatic rings. The Labute approximate surface area is 91.6 Å². The molecule has 1 fully saturated rings. The molecule has 4 nitrogen and oxygen atoms in total. The van der Waals surface area contributed by atoms with Crippen molar-refractivity contribution < 1.29 is 14.3 Å². The molecule has 0 N–H and O–H groups in total. The first-order valence-electron chi connectivity index (χ1n) is 5.30. The van der Waals surface area contributed by atoms with Crippen LogP contribution in [0.3, 0.4) is 0 Å². The molecule has 1 saturated heterocycles. The van der Waals surface area contributed by atoms with Gasteiger partial charge in [-0.3, -0.25) is 9.59 Å². The van der Waals surface area contributed by atoms with Crippen LogP contribution < -0.4 is 0 Å². The summed E-state index contributed by atoms with van der Waals surface area (Å²) in [5, 5.41) is 0. The molecule has 1 amide bonds. The monoisotopic (exact) mass is 215 g/mol. The molecule has 0 unspecified atom stereocenters. The fraction of sp³-hybridized carbons (Fsp3) is 0.818. The van der Waals surface area contributed by atoms with Crippen LogP contribution in [0.5, 0.6) is 0 Å². The predicted molar refractivity (Wildman–Crippen MR) is 58.4 cm³/mol. The zero-order chi connectivity index (χ0) is 11.7. The summed E-state index contributed by atoms with van der Waals surface area (Å²) in [6.07, 6.45) is 4.63. The summed E-state index contributed by atoms with van der Waals surface area (Å²) in [5.74, 6) is 0. The molecule has 1 aliphatic rings. The summed E-state index contributed by atoms with van der Waals surface area (Å²) in [7, 11) is 0. The smallest absolute Gasteiger partial charge is 0.293 e. The first-order valence-corrected chi connectivity index (χ1v) is 5.30. The first-order chi connectivity index (χ1) is 6.99. The minimum absolute atomic E-state index is 0.318. The van der Waals surface area contributed by atoms with Crippen LogP contribution in [0, 0.1) is 0 Å². The van der Waals surface area contributed by atoms with Crippen molar-refractivity contribution >= 4 is 12.9 Å². The molecule has 0 bridgehead atoms. The third-order valence-electron chi connectivity index (χ3n) is 1.94. The number of ether oxygens (including phenoxy) is 1. The Kier molecular flexibility index (Phi) is 6.75. The van der Waals surface area contributed by atoms with E-state index in [2.05, 4.69) is 4.74 Å². The normalized spacial score (nSPS) is 16.1. The zero-order valence-corrected chi connectivity index (χ0v) is 9.86. The lowest BCUT2D eigenvalue weighted by molar-refractivity contribution is -0.138. The maximum absolute atomic E-state index is 10.1. The van der Waals surface area contributed by atoms with Gasteiger partial charge in [-0.05, 0) is 40.0 Å². The molecule has 0 radical (unpaired) electrons. The lowest BCUT2D eigenvalue weighted by Crippen LogP contribution is -2.27.